The fourth-order valence-corrected chi connectivity index (χ4v) is 4.65. The van der Waals surface area contributed by atoms with Crippen molar-refractivity contribution in [3.05, 3.63) is 89.5 Å². The summed E-state index contributed by atoms with van der Waals surface area (Å²) in [5.41, 5.74) is 5.81. The fraction of sp³-hybridized carbons (Fsp3) is 0.154. The van der Waals surface area contributed by atoms with Crippen molar-refractivity contribution in [1.82, 2.24) is 5.43 Å². The number of sulfonamides is 1. The number of amides is 1. The van der Waals surface area contributed by atoms with Gasteiger partial charge in [-0.05, 0) is 64.7 Å². The molecule has 0 saturated heterocycles. The number of carbonyl (C=O) groups is 1. The number of benzene rings is 4. The van der Waals surface area contributed by atoms with Gasteiger partial charge in [-0.25, -0.2) is 13.8 Å². The predicted molar refractivity (Wildman–Crippen MR) is 135 cm³/mol. The summed E-state index contributed by atoms with van der Waals surface area (Å²) in [7, 11) is -3.66. The first-order chi connectivity index (χ1) is 15.7. The molecule has 4 aromatic rings. The zero-order valence-electron chi connectivity index (χ0n) is 18.7. The minimum Gasteiger partial charge on any atom is -0.271 e. The maximum atomic E-state index is 12.6. The third-order valence-corrected chi connectivity index (χ3v) is 6.80. The zero-order chi connectivity index (χ0) is 23.6. The van der Waals surface area contributed by atoms with E-state index in [1.165, 1.54) is 0 Å². The van der Waals surface area contributed by atoms with E-state index < -0.39 is 15.9 Å². The molecule has 1 N–H and O–H groups in total. The van der Waals surface area contributed by atoms with Crippen LogP contribution in [-0.4, -0.2) is 33.3 Å². The Kier molecular flexibility index (Phi) is 6.16. The molecule has 0 unspecified atom stereocenters. The lowest BCUT2D eigenvalue weighted by Gasteiger charge is -2.22. The van der Waals surface area contributed by atoms with E-state index in [-0.39, 0.29) is 6.54 Å². The second kappa shape index (κ2) is 9.03. The van der Waals surface area contributed by atoms with Gasteiger partial charge in [-0.1, -0.05) is 54.6 Å². The number of rotatable bonds is 6. The van der Waals surface area contributed by atoms with Crippen LogP contribution in [0, 0.1) is 13.8 Å². The Bertz CT molecular complexity index is 1440. The van der Waals surface area contributed by atoms with Gasteiger partial charge in [0.1, 0.15) is 6.54 Å². The molecule has 1 amide bonds. The number of hydrogen-bond acceptors (Lipinski definition) is 4. The lowest BCUT2D eigenvalue weighted by molar-refractivity contribution is -0.119. The number of hydrazone groups is 1. The highest BCUT2D eigenvalue weighted by atomic mass is 32.2. The van der Waals surface area contributed by atoms with Gasteiger partial charge in [0.2, 0.25) is 10.0 Å². The van der Waals surface area contributed by atoms with E-state index in [2.05, 4.69) is 16.6 Å². The third kappa shape index (κ3) is 4.88. The van der Waals surface area contributed by atoms with Crippen LogP contribution in [0.25, 0.3) is 21.5 Å². The van der Waals surface area contributed by atoms with Crippen LogP contribution in [0.2, 0.25) is 0 Å². The highest BCUT2D eigenvalue weighted by molar-refractivity contribution is 7.92. The molecule has 7 heteroatoms. The van der Waals surface area contributed by atoms with Crippen molar-refractivity contribution in [3.63, 3.8) is 0 Å². The van der Waals surface area contributed by atoms with Gasteiger partial charge in [-0.15, -0.1) is 0 Å². The van der Waals surface area contributed by atoms with E-state index in [4.69, 9.17) is 0 Å². The number of carbonyl (C=O) groups excluding carboxylic acids is 1. The number of nitrogens with one attached hydrogen (secondary N) is 1. The van der Waals surface area contributed by atoms with Crippen molar-refractivity contribution in [1.29, 1.82) is 0 Å². The Morgan fingerprint density at radius 3 is 2.09 bits per heavy atom. The SMILES string of the molecule is Cc1ccc(N(CC(=O)N/N=C\c2c3ccccc3cc3ccccc23)S(C)(=O)=O)cc1C. The fourth-order valence-electron chi connectivity index (χ4n) is 3.80. The maximum Gasteiger partial charge on any atom is 0.260 e. The standard InChI is InChI=1S/C26H25N3O3S/c1-18-12-13-22(14-19(18)2)29(33(3,31)32)17-26(30)28-27-16-25-23-10-6-4-8-20(23)15-21-9-5-7-11-24(21)25/h4-16H,17H2,1-3H3,(H,28,30)/b27-16-. The molecule has 0 atom stereocenters. The lowest BCUT2D eigenvalue weighted by atomic mass is 9.97. The quantitative estimate of drug-likeness (QED) is 0.261. The summed E-state index contributed by atoms with van der Waals surface area (Å²) in [6.45, 7) is 3.48. The highest BCUT2D eigenvalue weighted by Crippen LogP contribution is 2.27. The second-order valence-corrected chi connectivity index (χ2v) is 9.97. The smallest absolute Gasteiger partial charge is 0.260 e. The number of aryl methyl sites for hydroxylation is 2. The molecule has 4 rings (SSSR count). The minimum absolute atomic E-state index is 0.366. The Hall–Kier alpha value is -3.71. The molecule has 0 aliphatic rings. The van der Waals surface area contributed by atoms with E-state index >= 15 is 0 Å². The summed E-state index contributed by atoms with van der Waals surface area (Å²) in [5, 5.41) is 8.33. The first kappa shape index (κ1) is 22.5. The van der Waals surface area contributed by atoms with E-state index in [1.807, 2.05) is 68.4 Å². The molecular formula is C26H25N3O3S. The predicted octanol–water partition coefficient (Wildman–Crippen LogP) is 4.53. The molecule has 0 fully saturated rings. The Morgan fingerprint density at radius 2 is 1.52 bits per heavy atom. The molecule has 0 heterocycles. The Morgan fingerprint density at radius 1 is 0.909 bits per heavy atom. The molecule has 0 bridgehead atoms. The van der Waals surface area contributed by atoms with Crippen LogP contribution in [0.4, 0.5) is 5.69 Å². The summed E-state index contributed by atoms with van der Waals surface area (Å²) in [4.78, 5) is 12.6. The van der Waals surface area contributed by atoms with Gasteiger partial charge < -0.3 is 0 Å². The van der Waals surface area contributed by atoms with Crippen LogP contribution in [-0.2, 0) is 14.8 Å². The van der Waals surface area contributed by atoms with Gasteiger partial charge in [-0.3, -0.25) is 9.10 Å². The summed E-state index contributed by atoms with van der Waals surface area (Å²) in [5.74, 6) is -0.528. The summed E-state index contributed by atoms with van der Waals surface area (Å²) in [6, 6.07) is 23.4. The first-order valence-corrected chi connectivity index (χ1v) is 12.4. The van der Waals surface area contributed by atoms with Crippen molar-refractivity contribution in [3.8, 4) is 0 Å². The van der Waals surface area contributed by atoms with Crippen molar-refractivity contribution in [2.75, 3.05) is 17.1 Å². The molecule has 0 radical (unpaired) electrons. The van der Waals surface area contributed by atoms with Crippen LogP contribution in [0.3, 0.4) is 0 Å². The van der Waals surface area contributed by atoms with Crippen molar-refractivity contribution >= 4 is 49.4 Å². The van der Waals surface area contributed by atoms with E-state index in [0.717, 1.165) is 48.8 Å². The molecule has 168 valence electrons. The number of anilines is 1. The van der Waals surface area contributed by atoms with E-state index in [1.54, 1.807) is 18.3 Å². The highest BCUT2D eigenvalue weighted by Gasteiger charge is 2.21. The Labute approximate surface area is 193 Å². The van der Waals surface area contributed by atoms with E-state index in [9.17, 15) is 13.2 Å². The zero-order valence-corrected chi connectivity index (χ0v) is 19.6. The number of fused-ring (bicyclic) bond motifs is 2. The number of nitrogens with zero attached hydrogens (tertiary/aromatic N) is 2. The van der Waals surface area contributed by atoms with Gasteiger partial charge >= 0.3 is 0 Å². The summed E-state index contributed by atoms with van der Waals surface area (Å²) >= 11 is 0. The molecule has 0 saturated carbocycles. The van der Waals surface area contributed by atoms with Crippen LogP contribution in [0.1, 0.15) is 16.7 Å². The summed E-state index contributed by atoms with van der Waals surface area (Å²) < 4.78 is 25.8. The van der Waals surface area contributed by atoms with Crippen molar-refractivity contribution in [2.24, 2.45) is 5.10 Å². The first-order valence-electron chi connectivity index (χ1n) is 10.5. The summed E-state index contributed by atoms with van der Waals surface area (Å²) in [6.07, 6.45) is 2.70. The van der Waals surface area contributed by atoms with Gasteiger partial charge in [0, 0.05) is 5.56 Å². The lowest BCUT2D eigenvalue weighted by Crippen LogP contribution is -2.39. The average Bonchev–Trinajstić information content (AvgIpc) is 2.78. The van der Waals surface area contributed by atoms with Gasteiger partial charge in [0.05, 0.1) is 18.2 Å². The van der Waals surface area contributed by atoms with Gasteiger partial charge in [0.25, 0.3) is 5.91 Å². The molecular weight excluding hydrogens is 434 g/mol. The molecule has 33 heavy (non-hydrogen) atoms. The topological polar surface area (TPSA) is 78.8 Å². The minimum atomic E-state index is -3.66. The number of hydrogen-bond donors (Lipinski definition) is 1. The van der Waals surface area contributed by atoms with Crippen LogP contribution in [0.15, 0.2) is 77.9 Å². The average molecular weight is 460 g/mol. The third-order valence-electron chi connectivity index (χ3n) is 5.66. The van der Waals surface area contributed by atoms with Crippen molar-refractivity contribution in [2.45, 2.75) is 13.8 Å². The van der Waals surface area contributed by atoms with Crippen molar-refractivity contribution < 1.29 is 13.2 Å². The molecule has 0 spiro atoms. The largest absolute Gasteiger partial charge is 0.271 e. The van der Waals surface area contributed by atoms with Crippen LogP contribution >= 0.6 is 0 Å². The Balaban J connectivity index is 1.60. The second-order valence-electron chi connectivity index (χ2n) is 8.06. The maximum absolute atomic E-state index is 12.6. The van der Waals surface area contributed by atoms with Gasteiger partial charge in [-0.2, -0.15) is 5.10 Å². The molecule has 0 aromatic heterocycles. The normalized spacial score (nSPS) is 11.8. The molecule has 6 nitrogen and oxygen atoms in total. The molecule has 4 aromatic carbocycles. The van der Waals surface area contributed by atoms with Gasteiger partial charge in [0.15, 0.2) is 0 Å². The van der Waals surface area contributed by atoms with E-state index in [0.29, 0.717) is 5.69 Å². The molecule has 0 aliphatic carbocycles. The van der Waals surface area contributed by atoms with Crippen LogP contribution in [0.5, 0.6) is 0 Å². The monoisotopic (exact) mass is 459 g/mol. The molecule has 0 aliphatic heterocycles. The van der Waals surface area contributed by atoms with Crippen LogP contribution < -0.4 is 9.73 Å².